The second kappa shape index (κ2) is 7.99. The van der Waals surface area contributed by atoms with Gasteiger partial charge < -0.3 is 10.2 Å². The molecule has 8 atom stereocenters. The van der Waals surface area contributed by atoms with Crippen LogP contribution in [0.3, 0.4) is 0 Å². The quantitative estimate of drug-likeness (QED) is 0.575. The van der Waals surface area contributed by atoms with E-state index in [-0.39, 0.29) is 28.9 Å². The third kappa shape index (κ3) is 3.60. The Morgan fingerprint density at radius 1 is 1.03 bits per heavy atom. The summed E-state index contributed by atoms with van der Waals surface area (Å²) in [5.41, 5.74) is 3.16. The van der Waals surface area contributed by atoms with Crippen molar-refractivity contribution in [3.63, 3.8) is 0 Å². The summed E-state index contributed by atoms with van der Waals surface area (Å²) in [5.74, 6) is 2.37. The molecule has 0 aromatic heterocycles. The Morgan fingerprint density at radius 2 is 1.81 bits per heavy atom. The fourth-order valence-corrected chi connectivity index (χ4v) is 8.48. The largest absolute Gasteiger partial charge is 0.393 e. The first-order chi connectivity index (χ1) is 14.8. The highest BCUT2D eigenvalue weighted by Gasteiger charge is 2.59. The zero-order chi connectivity index (χ0) is 21.8. The minimum atomic E-state index is -0.272. The molecule has 0 heterocycles. The molecule has 0 bridgehead atoms. The van der Waals surface area contributed by atoms with Crippen molar-refractivity contribution in [1.82, 2.24) is 0 Å². The van der Waals surface area contributed by atoms with E-state index in [0.717, 1.165) is 55.9 Å². The van der Waals surface area contributed by atoms with Gasteiger partial charge in [0.2, 0.25) is 0 Å². The standard InChI is InChI=1S/C28H39FO2/c1-27-15-13-21(30)17-19(27)6-9-22-23-10-11-25(28(23,2)16-14-24(22)27)26(31)12-5-18-3-7-20(29)8-4-18/h3-4,6-8,21-26,30-31H,5,9-17H2,1-2H3. The number of aliphatic hydroxyl groups is 2. The van der Waals surface area contributed by atoms with E-state index in [1.54, 1.807) is 0 Å². The fourth-order valence-electron chi connectivity index (χ4n) is 8.48. The van der Waals surface area contributed by atoms with E-state index < -0.39 is 0 Å². The van der Waals surface area contributed by atoms with Crippen LogP contribution in [0.15, 0.2) is 35.9 Å². The van der Waals surface area contributed by atoms with Crippen molar-refractivity contribution < 1.29 is 14.6 Å². The zero-order valence-corrected chi connectivity index (χ0v) is 19.2. The number of halogens is 1. The zero-order valence-electron chi connectivity index (χ0n) is 19.2. The molecule has 1 aromatic carbocycles. The van der Waals surface area contributed by atoms with Crippen molar-refractivity contribution in [2.24, 2.45) is 34.5 Å². The van der Waals surface area contributed by atoms with Crippen LogP contribution < -0.4 is 0 Å². The average Bonchev–Trinajstić information content (AvgIpc) is 3.11. The Kier molecular flexibility index (Phi) is 5.58. The molecule has 4 aliphatic carbocycles. The molecular weight excluding hydrogens is 387 g/mol. The van der Waals surface area contributed by atoms with Gasteiger partial charge in [-0.15, -0.1) is 0 Å². The van der Waals surface area contributed by atoms with E-state index in [0.29, 0.717) is 11.8 Å². The third-order valence-corrected chi connectivity index (χ3v) is 10.3. The van der Waals surface area contributed by atoms with Crippen molar-refractivity contribution in [2.45, 2.75) is 90.3 Å². The van der Waals surface area contributed by atoms with E-state index in [2.05, 4.69) is 19.9 Å². The molecule has 4 aliphatic rings. The van der Waals surface area contributed by atoms with Gasteiger partial charge in [-0.1, -0.05) is 37.6 Å². The number of rotatable bonds is 4. The molecule has 3 heteroatoms. The van der Waals surface area contributed by atoms with Crippen LogP contribution in [-0.4, -0.2) is 22.4 Å². The van der Waals surface area contributed by atoms with Crippen LogP contribution in [0.1, 0.15) is 77.2 Å². The number of benzene rings is 1. The molecule has 1 aromatic rings. The second-order valence-electron chi connectivity index (χ2n) is 11.6. The van der Waals surface area contributed by atoms with Gasteiger partial charge in [0.05, 0.1) is 12.2 Å². The maximum absolute atomic E-state index is 13.2. The number of hydrogen-bond donors (Lipinski definition) is 2. The molecule has 8 unspecified atom stereocenters. The van der Waals surface area contributed by atoms with E-state index in [4.69, 9.17) is 0 Å². The van der Waals surface area contributed by atoms with Crippen LogP contribution in [0.5, 0.6) is 0 Å². The molecular formula is C28H39FO2. The summed E-state index contributed by atoms with van der Waals surface area (Å²) in [6, 6.07) is 6.73. The van der Waals surface area contributed by atoms with E-state index in [1.807, 2.05) is 12.1 Å². The minimum absolute atomic E-state index is 0.142. The maximum atomic E-state index is 13.2. The highest BCUT2D eigenvalue weighted by Crippen LogP contribution is 2.66. The van der Waals surface area contributed by atoms with Gasteiger partial charge in [0.15, 0.2) is 0 Å². The molecule has 0 radical (unpaired) electrons. The van der Waals surface area contributed by atoms with Gasteiger partial charge in [0.25, 0.3) is 0 Å². The lowest BCUT2D eigenvalue weighted by Crippen LogP contribution is -2.51. The first kappa shape index (κ1) is 21.6. The average molecular weight is 427 g/mol. The first-order valence-electron chi connectivity index (χ1n) is 12.6. The summed E-state index contributed by atoms with van der Waals surface area (Å²) in [4.78, 5) is 0. The number of allylic oxidation sites excluding steroid dienone is 1. The monoisotopic (exact) mass is 426 g/mol. The highest BCUT2D eigenvalue weighted by atomic mass is 19.1. The predicted octanol–water partition coefficient (Wildman–Crippen LogP) is 6.06. The van der Waals surface area contributed by atoms with Crippen molar-refractivity contribution >= 4 is 0 Å². The Bertz CT molecular complexity index is 832. The summed E-state index contributed by atoms with van der Waals surface area (Å²) >= 11 is 0. The molecule has 0 saturated heterocycles. The molecule has 0 spiro atoms. The Labute approximate surface area is 187 Å². The lowest BCUT2D eigenvalue weighted by Gasteiger charge is -2.58. The van der Waals surface area contributed by atoms with Crippen molar-refractivity contribution in [2.75, 3.05) is 0 Å². The van der Waals surface area contributed by atoms with Crippen LogP contribution in [-0.2, 0) is 6.42 Å². The molecule has 5 rings (SSSR count). The van der Waals surface area contributed by atoms with Crippen LogP contribution in [0.2, 0.25) is 0 Å². The van der Waals surface area contributed by atoms with Gasteiger partial charge in [0, 0.05) is 0 Å². The lowest BCUT2D eigenvalue weighted by atomic mass is 9.47. The number of fused-ring (bicyclic) bond motifs is 5. The van der Waals surface area contributed by atoms with Crippen molar-refractivity contribution in [1.29, 1.82) is 0 Å². The van der Waals surface area contributed by atoms with Crippen molar-refractivity contribution in [3.8, 4) is 0 Å². The Hall–Kier alpha value is -1.19. The van der Waals surface area contributed by atoms with Crippen molar-refractivity contribution in [3.05, 3.63) is 47.3 Å². The van der Waals surface area contributed by atoms with Gasteiger partial charge >= 0.3 is 0 Å². The molecule has 31 heavy (non-hydrogen) atoms. The maximum Gasteiger partial charge on any atom is 0.123 e. The highest BCUT2D eigenvalue weighted by molar-refractivity contribution is 5.25. The molecule has 3 saturated carbocycles. The van der Waals surface area contributed by atoms with Gasteiger partial charge in [-0.25, -0.2) is 4.39 Å². The van der Waals surface area contributed by atoms with Gasteiger partial charge in [-0.3, -0.25) is 0 Å². The lowest BCUT2D eigenvalue weighted by molar-refractivity contribution is -0.0713. The minimum Gasteiger partial charge on any atom is -0.393 e. The Balaban J connectivity index is 1.30. The number of aryl methyl sites for hydroxylation is 1. The van der Waals surface area contributed by atoms with Gasteiger partial charge in [-0.2, -0.15) is 0 Å². The van der Waals surface area contributed by atoms with Crippen LogP contribution in [0.25, 0.3) is 0 Å². The van der Waals surface area contributed by atoms with Crippen LogP contribution in [0, 0.1) is 40.3 Å². The number of aliphatic hydroxyl groups excluding tert-OH is 2. The summed E-state index contributed by atoms with van der Waals surface area (Å²) in [6.07, 6.45) is 12.7. The summed E-state index contributed by atoms with van der Waals surface area (Å²) in [6.45, 7) is 4.95. The van der Waals surface area contributed by atoms with E-state index in [1.165, 1.54) is 43.4 Å². The smallest absolute Gasteiger partial charge is 0.123 e. The molecule has 170 valence electrons. The molecule has 3 fully saturated rings. The third-order valence-electron chi connectivity index (χ3n) is 10.3. The van der Waals surface area contributed by atoms with Crippen LogP contribution >= 0.6 is 0 Å². The summed E-state index contributed by atoms with van der Waals surface area (Å²) < 4.78 is 13.2. The summed E-state index contributed by atoms with van der Waals surface area (Å²) in [7, 11) is 0. The first-order valence-corrected chi connectivity index (χ1v) is 12.6. The predicted molar refractivity (Wildman–Crippen MR) is 122 cm³/mol. The molecule has 2 N–H and O–H groups in total. The molecule has 0 aliphatic heterocycles. The number of hydrogen-bond acceptors (Lipinski definition) is 2. The summed E-state index contributed by atoms with van der Waals surface area (Å²) in [5, 5.41) is 21.4. The fraction of sp³-hybridized carbons (Fsp3) is 0.714. The second-order valence-corrected chi connectivity index (χ2v) is 11.6. The van der Waals surface area contributed by atoms with Gasteiger partial charge in [0.1, 0.15) is 5.82 Å². The van der Waals surface area contributed by atoms with E-state index >= 15 is 0 Å². The normalized spacial score (nSPS) is 42.9. The van der Waals surface area contributed by atoms with Gasteiger partial charge in [-0.05, 0) is 116 Å². The SMILES string of the molecule is CC12CCC(O)CC1=CCC1C2CCC2(C)C(C(O)CCc3ccc(F)cc3)CCC12. The Morgan fingerprint density at radius 3 is 2.58 bits per heavy atom. The topological polar surface area (TPSA) is 40.5 Å². The molecule has 0 amide bonds. The van der Waals surface area contributed by atoms with E-state index in [9.17, 15) is 14.6 Å². The molecule has 2 nitrogen and oxygen atoms in total. The van der Waals surface area contributed by atoms with Crippen LogP contribution in [0.4, 0.5) is 4.39 Å².